The molecule has 0 amide bonds. The molecule has 0 unspecified atom stereocenters. The molecule has 0 aromatic heterocycles. The molecule has 0 atom stereocenters. The van der Waals surface area contributed by atoms with E-state index < -0.39 is 0 Å². The van der Waals surface area contributed by atoms with Gasteiger partial charge in [0.2, 0.25) is 0 Å². The van der Waals surface area contributed by atoms with E-state index in [0.717, 1.165) is 6.54 Å². The highest BCUT2D eigenvalue weighted by Gasteiger charge is 2.12. The van der Waals surface area contributed by atoms with Crippen LogP contribution in [0.1, 0.15) is 41.5 Å². The van der Waals surface area contributed by atoms with Gasteiger partial charge in [-0.3, -0.25) is 5.43 Å². The fourth-order valence-corrected chi connectivity index (χ4v) is 0.992. The SMILES string of the molecule is C.CC.CC(C)N1CCCN1.N.[B]. The molecule has 1 fully saturated rings. The molecule has 4 N–H and O–H groups in total. The molecule has 13 heavy (non-hydrogen) atoms. The van der Waals surface area contributed by atoms with Gasteiger partial charge >= 0.3 is 0 Å². The van der Waals surface area contributed by atoms with E-state index in [1.807, 2.05) is 13.8 Å². The van der Waals surface area contributed by atoms with E-state index in [4.69, 9.17) is 0 Å². The average Bonchev–Trinajstić information content (AvgIpc) is 2.42. The Hall–Kier alpha value is -0.0551. The molecule has 0 aromatic rings. The molecule has 1 saturated heterocycles. The average molecular weight is 188 g/mol. The predicted octanol–water partition coefficient (Wildman–Crippen LogP) is 2.05. The molecule has 0 bridgehead atoms. The predicted molar refractivity (Wildman–Crippen MR) is 63.3 cm³/mol. The largest absolute Gasteiger partial charge is 0.344 e. The molecule has 3 radical (unpaired) electrons. The molecule has 4 heteroatoms. The van der Waals surface area contributed by atoms with Crippen molar-refractivity contribution < 1.29 is 0 Å². The van der Waals surface area contributed by atoms with Crippen LogP contribution in [0.25, 0.3) is 0 Å². The molecular weight excluding hydrogens is 161 g/mol. The zero-order valence-corrected chi connectivity index (χ0v) is 8.93. The van der Waals surface area contributed by atoms with Crippen molar-refractivity contribution in [3.63, 3.8) is 0 Å². The van der Waals surface area contributed by atoms with Gasteiger partial charge in [0.1, 0.15) is 0 Å². The van der Waals surface area contributed by atoms with E-state index in [9.17, 15) is 0 Å². The number of nitrogens with zero attached hydrogens (tertiary/aromatic N) is 1. The molecule has 0 spiro atoms. The Labute approximate surface area is 86.4 Å². The third-order valence-electron chi connectivity index (χ3n) is 1.51. The van der Waals surface area contributed by atoms with Crippen LogP contribution in [0.15, 0.2) is 0 Å². The highest BCUT2D eigenvalue weighted by atomic mass is 15.5. The van der Waals surface area contributed by atoms with Gasteiger partial charge in [-0.1, -0.05) is 21.3 Å². The summed E-state index contributed by atoms with van der Waals surface area (Å²) in [5.41, 5.74) is 3.29. The summed E-state index contributed by atoms with van der Waals surface area (Å²) in [6.07, 6.45) is 1.30. The molecule has 1 aliphatic rings. The van der Waals surface area contributed by atoms with Crippen molar-refractivity contribution >= 4 is 8.41 Å². The number of rotatable bonds is 1. The van der Waals surface area contributed by atoms with Crippen LogP contribution in [0.4, 0.5) is 0 Å². The van der Waals surface area contributed by atoms with E-state index in [0.29, 0.717) is 6.04 Å². The van der Waals surface area contributed by atoms with Gasteiger partial charge < -0.3 is 6.15 Å². The Morgan fingerprint density at radius 1 is 1.23 bits per heavy atom. The van der Waals surface area contributed by atoms with Crippen LogP contribution in [0, 0.1) is 0 Å². The van der Waals surface area contributed by atoms with Crippen molar-refractivity contribution in [2.24, 2.45) is 0 Å². The summed E-state index contributed by atoms with van der Waals surface area (Å²) in [5.74, 6) is 0. The Morgan fingerprint density at radius 3 is 1.85 bits per heavy atom. The Kier molecular flexibility index (Phi) is 25.7. The zero-order chi connectivity index (χ0) is 7.98. The van der Waals surface area contributed by atoms with Crippen LogP contribution in [0.5, 0.6) is 0 Å². The lowest BCUT2D eigenvalue weighted by Crippen LogP contribution is -2.36. The van der Waals surface area contributed by atoms with Crippen molar-refractivity contribution in [2.45, 2.75) is 47.6 Å². The lowest BCUT2D eigenvalue weighted by Gasteiger charge is -2.18. The molecular formula is C9H27BN3. The Bertz CT molecular complexity index is 73.3. The smallest absolute Gasteiger partial charge is 0.0187 e. The summed E-state index contributed by atoms with van der Waals surface area (Å²) in [6.45, 7) is 10.8. The van der Waals surface area contributed by atoms with E-state index in [-0.39, 0.29) is 22.0 Å². The van der Waals surface area contributed by atoms with E-state index in [2.05, 4.69) is 24.3 Å². The first kappa shape index (κ1) is 23.1. The van der Waals surface area contributed by atoms with Gasteiger partial charge in [-0.05, 0) is 20.3 Å². The number of nitrogens with one attached hydrogen (secondary N) is 1. The summed E-state index contributed by atoms with van der Waals surface area (Å²) in [7, 11) is 0. The number of hydrogen-bond acceptors (Lipinski definition) is 3. The van der Waals surface area contributed by atoms with Crippen LogP contribution in [-0.4, -0.2) is 32.6 Å². The van der Waals surface area contributed by atoms with Crippen molar-refractivity contribution in [1.82, 2.24) is 16.6 Å². The van der Waals surface area contributed by atoms with E-state index in [1.165, 1.54) is 13.0 Å². The first-order valence-electron chi connectivity index (χ1n) is 4.31. The minimum absolute atomic E-state index is 0. The van der Waals surface area contributed by atoms with Crippen molar-refractivity contribution in [3.05, 3.63) is 0 Å². The normalized spacial score (nSPS) is 14.5. The number of hydrazine groups is 1. The Morgan fingerprint density at radius 2 is 1.69 bits per heavy atom. The topological polar surface area (TPSA) is 50.3 Å². The quantitative estimate of drug-likeness (QED) is 0.619. The van der Waals surface area contributed by atoms with Gasteiger partial charge in [0.15, 0.2) is 0 Å². The monoisotopic (exact) mass is 188 g/mol. The van der Waals surface area contributed by atoms with Gasteiger partial charge in [-0.15, -0.1) is 0 Å². The van der Waals surface area contributed by atoms with E-state index >= 15 is 0 Å². The summed E-state index contributed by atoms with van der Waals surface area (Å²) in [4.78, 5) is 0. The summed E-state index contributed by atoms with van der Waals surface area (Å²) >= 11 is 0. The third kappa shape index (κ3) is 9.86. The highest BCUT2D eigenvalue weighted by molar-refractivity contribution is 5.75. The maximum absolute atomic E-state index is 3.29. The molecule has 0 saturated carbocycles. The van der Waals surface area contributed by atoms with Crippen molar-refractivity contribution in [3.8, 4) is 0 Å². The molecule has 0 aliphatic carbocycles. The molecule has 3 nitrogen and oxygen atoms in total. The van der Waals surface area contributed by atoms with Gasteiger partial charge in [0, 0.05) is 27.5 Å². The van der Waals surface area contributed by atoms with Crippen LogP contribution in [-0.2, 0) is 0 Å². The van der Waals surface area contributed by atoms with Crippen LogP contribution in [0.3, 0.4) is 0 Å². The van der Waals surface area contributed by atoms with Crippen molar-refractivity contribution in [1.29, 1.82) is 0 Å². The standard InChI is InChI=1S/C6H14N2.C2H6.CH4.B.H3N/c1-6(2)8-5-3-4-7-8;1-2;;;/h6-7H,3-5H2,1-2H3;1-2H3;1H4;;1H3. The summed E-state index contributed by atoms with van der Waals surface area (Å²) in [5, 5.41) is 2.28. The molecule has 1 aliphatic heterocycles. The van der Waals surface area contributed by atoms with Gasteiger partial charge in [0.05, 0.1) is 0 Å². The minimum atomic E-state index is 0. The van der Waals surface area contributed by atoms with Gasteiger partial charge in [-0.2, -0.15) is 0 Å². The molecule has 81 valence electrons. The zero-order valence-electron chi connectivity index (χ0n) is 8.93. The maximum atomic E-state index is 3.29. The minimum Gasteiger partial charge on any atom is -0.344 e. The highest BCUT2D eigenvalue weighted by Crippen LogP contribution is 2.00. The molecule has 1 rings (SSSR count). The second-order valence-electron chi connectivity index (χ2n) is 2.55. The first-order chi connectivity index (χ1) is 4.80. The first-order valence-corrected chi connectivity index (χ1v) is 4.31. The van der Waals surface area contributed by atoms with E-state index in [1.54, 1.807) is 0 Å². The lowest BCUT2D eigenvalue weighted by atomic mass is 10.4. The summed E-state index contributed by atoms with van der Waals surface area (Å²) in [6, 6.07) is 0.664. The van der Waals surface area contributed by atoms with Crippen LogP contribution < -0.4 is 11.6 Å². The van der Waals surface area contributed by atoms with Crippen LogP contribution in [0.2, 0.25) is 0 Å². The fourth-order valence-electron chi connectivity index (χ4n) is 0.992. The Balaban J connectivity index is -0.0000000761. The summed E-state index contributed by atoms with van der Waals surface area (Å²) < 4.78 is 0. The maximum Gasteiger partial charge on any atom is 0.0187 e. The second-order valence-corrected chi connectivity index (χ2v) is 2.55. The van der Waals surface area contributed by atoms with Gasteiger partial charge in [0.25, 0.3) is 0 Å². The second kappa shape index (κ2) is 14.5. The third-order valence-corrected chi connectivity index (χ3v) is 1.51. The lowest BCUT2D eigenvalue weighted by molar-refractivity contribution is 0.200. The fraction of sp³-hybridized carbons (Fsp3) is 1.00. The number of hydrogen-bond donors (Lipinski definition) is 2. The molecule has 0 aromatic carbocycles. The van der Waals surface area contributed by atoms with Crippen LogP contribution >= 0.6 is 0 Å². The molecule has 1 heterocycles. The van der Waals surface area contributed by atoms with Gasteiger partial charge in [-0.25, -0.2) is 5.01 Å². The van der Waals surface area contributed by atoms with Crippen molar-refractivity contribution in [2.75, 3.05) is 13.1 Å².